The highest BCUT2D eigenvalue weighted by atomic mass is 32.2. The third-order valence-corrected chi connectivity index (χ3v) is 6.03. The number of aliphatic hydroxyl groups is 1. The zero-order valence-corrected chi connectivity index (χ0v) is 16.3. The van der Waals surface area contributed by atoms with Crippen LogP contribution in [-0.2, 0) is 20.7 Å². The van der Waals surface area contributed by atoms with Crippen LogP contribution in [0.4, 0.5) is 0 Å². The van der Waals surface area contributed by atoms with Gasteiger partial charge in [-0.3, -0.25) is 4.18 Å². The third kappa shape index (κ3) is 5.87. The minimum atomic E-state index is -3.83. The summed E-state index contributed by atoms with van der Waals surface area (Å²) in [6.07, 6.45) is 8.19. The molecule has 0 heterocycles. The summed E-state index contributed by atoms with van der Waals surface area (Å²) in [4.78, 5) is 0.266. The van der Waals surface area contributed by atoms with E-state index in [1.165, 1.54) is 32.1 Å². The topological polar surface area (TPSA) is 63.6 Å². The highest BCUT2D eigenvalue weighted by molar-refractivity contribution is 7.86. The van der Waals surface area contributed by atoms with Crippen molar-refractivity contribution in [3.8, 4) is 0 Å². The monoisotopic (exact) mass is 356 g/mol. The van der Waals surface area contributed by atoms with Crippen molar-refractivity contribution in [1.29, 1.82) is 0 Å². The Balaban J connectivity index is 2.92. The fraction of sp³-hybridized carbons (Fsp3) is 0.684. The van der Waals surface area contributed by atoms with Crippen LogP contribution in [0.25, 0.3) is 0 Å². The van der Waals surface area contributed by atoms with Gasteiger partial charge in [0.2, 0.25) is 0 Å². The average Bonchev–Trinajstić information content (AvgIpc) is 2.50. The Bertz CT molecular complexity index is 621. The third-order valence-electron chi connectivity index (χ3n) is 4.42. The van der Waals surface area contributed by atoms with Crippen LogP contribution in [0, 0.1) is 20.8 Å². The number of hydrogen-bond acceptors (Lipinski definition) is 4. The van der Waals surface area contributed by atoms with Crippen LogP contribution < -0.4 is 0 Å². The van der Waals surface area contributed by atoms with Gasteiger partial charge in [-0.1, -0.05) is 45.1 Å². The fourth-order valence-corrected chi connectivity index (χ4v) is 4.63. The van der Waals surface area contributed by atoms with Crippen molar-refractivity contribution >= 4 is 10.1 Å². The molecule has 0 saturated carbocycles. The first-order valence-corrected chi connectivity index (χ1v) is 10.4. The quantitative estimate of drug-likeness (QED) is 0.476. The Labute approximate surface area is 147 Å². The molecule has 0 aliphatic carbocycles. The van der Waals surface area contributed by atoms with Gasteiger partial charge in [0.1, 0.15) is 4.90 Å². The van der Waals surface area contributed by atoms with E-state index in [4.69, 9.17) is 9.29 Å². The van der Waals surface area contributed by atoms with E-state index in [1.54, 1.807) is 6.92 Å². The largest absolute Gasteiger partial charge is 0.394 e. The molecule has 0 bridgehead atoms. The lowest BCUT2D eigenvalue weighted by Gasteiger charge is -2.17. The fourth-order valence-electron chi connectivity index (χ4n) is 3.26. The molecule has 0 aromatic heterocycles. The number of hydrogen-bond donors (Lipinski definition) is 1. The Kier molecular flexibility index (Phi) is 8.95. The molecule has 0 unspecified atom stereocenters. The molecule has 1 aromatic carbocycles. The molecule has 0 aliphatic rings. The maximum absolute atomic E-state index is 12.4. The number of aryl methyl sites for hydroxylation is 2. The smallest absolute Gasteiger partial charge is 0.297 e. The lowest BCUT2D eigenvalue weighted by atomic mass is 9.95. The van der Waals surface area contributed by atoms with Crippen molar-refractivity contribution in [3.05, 3.63) is 28.3 Å². The molecular weight excluding hydrogens is 324 g/mol. The van der Waals surface area contributed by atoms with Gasteiger partial charge in [0.05, 0.1) is 13.2 Å². The molecule has 138 valence electrons. The van der Waals surface area contributed by atoms with E-state index in [1.807, 2.05) is 19.9 Å². The number of unbranched alkanes of at least 4 members (excludes halogenated alkanes) is 5. The lowest BCUT2D eigenvalue weighted by molar-refractivity contribution is 0.205. The molecule has 0 atom stereocenters. The van der Waals surface area contributed by atoms with Crippen LogP contribution in [0.15, 0.2) is 11.0 Å². The van der Waals surface area contributed by atoms with E-state index in [0.29, 0.717) is 5.56 Å². The summed E-state index contributed by atoms with van der Waals surface area (Å²) in [7, 11) is -3.83. The molecule has 24 heavy (non-hydrogen) atoms. The van der Waals surface area contributed by atoms with E-state index in [2.05, 4.69) is 6.92 Å². The molecule has 0 fully saturated rings. The molecule has 1 aromatic rings. The van der Waals surface area contributed by atoms with Crippen LogP contribution in [0.2, 0.25) is 0 Å². The van der Waals surface area contributed by atoms with Crippen molar-refractivity contribution in [2.45, 2.75) is 77.5 Å². The van der Waals surface area contributed by atoms with E-state index in [-0.39, 0.29) is 18.1 Å². The second kappa shape index (κ2) is 10.2. The minimum absolute atomic E-state index is 0.206. The van der Waals surface area contributed by atoms with Gasteiger partial charge < -0.3 is 5.11 Å². The number of benzene rings is 1. The van der Waals surface area contributed by atoms with Gasteiger partial charge in [-0.15, -0.1) is 0 Å². The summed E-state index contributed by atoms with van der Waals surface area (Å²) in [5.41, 5.74) is 3.75. The highest BCUT2D eigenvalue weighted by Gasteiger charge is 2.23. The van der Waals surface area contributed by atoms with Crippen molar-refractivity contribution in [2.75, 3.05) is 13.2 Å². The van der Waals surface area contributed by atoms with Gasteiger partial charge in [-0.2, -0.15) is 8.42 Å². The predicted octanol–water partition coefficient (Wildman–Crippen LogP) is 4.21. The van der Waals surface area contributed by atoms with Crippen molar-refractivity contribution in [1.82, 2.24) is 0 Å². The summed E-state index contributed by atoms with van der Waals surface area (Å²) in [5.74, 6) is 0. The molecule has 0 aliphatic heterocycles. The van der Waals surface area contributed by atoms with Crippen molar-refractivity contribution in [2.24, 2.45) is 0 Å². The maximum atomic E-state index is 12.4. The van der Waals surface area contributed by atoms with Crippen molar-refractivity contribution in [3.63, 3.8) is 0 Å². The second-order valence-corrected chi connectivity index (χ2v) is 8.01. The molecule has 1 rings (SSSR count). The summed E-state index contributed by atoms with van der Waals surface area (Å²) >= 11 is 0. The van der Waals surface area contributed by atoms with Crippen molar-refractivity contribution < 1.29 is 17.7 Å². The molecular formula is C19H32O4S. The van der Waals surface area contributed by atoms with Gasteiger partial charge in [-0.05, 0) is 55.9 Å². The Morgan fingerprint density at radius 3 is 2.25 bits per heavy atom. The van der Waals surface area contributed by atoms with Crippen LogP contribution in [0.5, 0.6) is 0 Å². The first-order chi connectivity index (χ1) is 11.3. The van der Waals surface area contributed by atoms with Crippen LogP contribution >= 0.6 is 0 Å². The van der Waals surface area contributed by atoms with E-state index in [9.17, 15) is 8.42 Å². The SMILES string of the molecule is CCCCCCCCc1c(C)cc(C)c(S(=O)(=O)OCCO)c1C. The van der Waals surface area contributed by atoms with E-state index < -0.39 is 10.1 Å². The van der Waals surface area contributed by atoms with E-state index >= 15 is 0 Å². The standard InChI is InChI=1S/C19H32O4S/c1-5-6-7-8-9-10-11-18-15(2)14-16(3)19(17(18)4)24(21,22)23-13-12-20/h14,20H,5-13H2,1-4H3. The first kappa shape index (κ1) is 21.1. The molecule has 0 saturated heterocycles. The predicted molar refractivity (Wildman–Crippen MR) is 98.0 cm³/mol. The molecule has 4 nitrogen and oxygen atoms in total. The summed E-state index contributed by atoms with van der Waals surface area (Å²) < 4.78 is 29.7. The first-order valence-electron chi connectivity index (χ1n) is 8.95. The average molecular weight is 357 g/mol. The number of aliphatic hydroxyl groups excluding tert-OH is 1. The molecule has 0 radical (unpaired) electrons. The van der Waals surface area contributed by atoms with Crippen LogP contribution in [-0.4, -0.2) is 26.7 Å². The normalized spacial score (nSPS) is 11.9. The van der Waals surface area contributed by atoms with Gasteiger partial charge in [0.25, 0.3) is 10.1 Å². The summed E-state index contributed by atoms with van der Waals surface area (Å²) in [6.45, 7) is 7.39. The maximum Gasteiger partial charge on any atom is 0.297 e. The van der Waals surface area contributed by atoms with Gasteiger partial charge in [0.15, 0.2) is 0 Å². The van der Waals surface area contributed by atoms with Gasteiger partial charge >= 0.3 is 0 Å². The number of rotatable bonds is 11. The van der Waals surface area contributed by atoms with Crippen LogP contribution in [0.3, 0.4) is 0 Å². The molecule has 1 N–H and O–H groups in total. The van der Waals surface area contributed by atoms with E-state index in [0.717, 1.165) is 29.5 Å². The lowest BCUT2D eigenvalue weighted by Crippen LogP contribution is -2.14. The molecule has 0 amide bonds. The highest BCUT2D eigenvalue weighted by Crippen LogP contribution is 2.29. The Morgan fingerprint density at radius 1 is 1.00 bits per heavy atom. The minimum Gasteiger partial charge on any atom is -0.394 e. The Hall–Kier alpha value is -0.910. The summed E-state index contributed by atoms with van der Waals surface area (Å²) in [5, 5.41) is 8.83. The zero-order valence-electron chi connectivity index (χ0n) is 15.5. The second-order valence-electron chi connectivity index (χ2n) is 6.46. The molecule has 5 heteroatoms. The van der Waals surface area contributed by atoms with Gasteiger partial charge in [-0.25, -0.2) is 0 Å². The Morgan fingerprint density at radius 2 is 1.62 bits per heavy atom. The summed E-state index contributed by atoms with van der Waals surface area (Å²) in [6, 6.07) is 1.93. The van der Waals surface area contributed by atoms with Gasteiger partial charge in [0, 0.05) is 0 Å². The molecule has 0 spiro atoms. The zero-order chi connectivity index (χ0) is 18.2. The van der Waals surface area contributed by atoms with Crippen LogP contribution in [0.1, 0.15) is 67.7 Å².